The van der Waals surface area contributed by atoms with Gasteiger partial charge in [-0.1, -0.05) is 42.8 Å². The van der Waals surface area contributed by atoms with E-state index in [0.717, 1.165) is 22.7 Å². The van der Waals surface area contributed by atoms with Crippen LogP contribution in [0.4, 0.5) is 0 Å². The van der Waals surface area contributed by atoms with Crippen LogP contribution in [-0.2, 0) is 13.1 Å². The van der Waals surface area contributed by atoms with Crippen LogP contribution in [-0.4, -0.2) is 35.6 Å². The Hall–Kier alpha value is -2.92. The second-order valence-corrected chi connectivity index (χ2v) is 7.85. The smallest absolute Gasteiger partial charge is 0.262 e. The molecule has 0 bridgehead atoms. The van der Waals surface area contributed by atoms with Gasteiger partial charge in [0.15, 0.2) is 0 Å². The van der Waals surface area contributed by atoms with E-state index in [0.29, 0.717) is 30.2 Å². The molecule has 0 spiro atoms. The van der Waals surface area contributed by atoms with E-state index >= 15 is 0 Å². The zero-order valence-electron chi connectivity index (χ0n) is 18.5. The molecule has 0 N–H and O–H groups in total. The van der Waals surface area contributed by atoms with Crippen LogP contribution in [0.3, 0.4) is 0 Å². The van der Waals surface area contributed by atoms with Crippen LogP contribution in [0.25, 0.3) is 0 Å². The second-order valence-electron chi connectivity index (χ2n) is 7.45. The van der Waals surface area contributed by atoms with Crippen LogP contribution >= 0.6 is 11.6 Å². The van der Waals surface area contributed by atoms with Crippen molar-refractivity contribution in [1.29, 1.82) is 0 Å². The molecule has 1 atom stereocenters. The van der Waals surface area contributed by atoms with Gasteiger partial charge >= 0.3 is 0 Å². The highest BCUT2D eigenvalue weighted by molar-refractivity contribution is 6.31. The Labute approximate surface area is 189 Å². The van der Waals surface area contributed by atoms with Crippen LogP contribution < -0.4 is 9.47 Å². The highest BCUT2D eigenvalue weighted by Gasteiger charge is 2.27. The molecule has 0 aliphatic rings. The summed E-state index contributed by atoms with van der Waals surface area (Å²) in [5.41, 5.74) is 2.51. The molecule has 0 radical (unpaired) electrons. The van der Waals surface area contributed by atoms with Gasteiger partial charge in [0.2, 0.25) is 0 Å². The summed E-state index contributed by atoms with van der Waals surface area (Å²) in [5.74, 6) is 0.891. The molecule has 0 fully saturated rings. The maximum absolute atomic E-state index is 13.7. The first-order valence-electron chi connectivity index (χ1n) is 10.4. The molecule has 164 valence electrons. The molecule has 1 aromatic heterocycles. The van der Waals surface area contributed by atoms with E-state index in [-0.39, 0.29) is 11.9 Å². The number of rotatable bonds is 9. The highest BCUT2D eigenvalue weighted by atomic mass is 35.5. The minimum absolute atomic E-state index is 0.0331. The summed E-state index contributed by atoms with van der Waals surface area (Å²) in [6, 6.07) is 17.3. The predicted molar refractivity (Wildman–Crippen MR) is 124 cm³/mol. The summed E-state index contributed by atoms with van der Waals surface area (Å²) >= 11 is 6.36. The number of amides is 1. The van der Waals surface area contributed by atoms with E-state index in [9.17, 15) is 4.79 Å². The maximum Gasteiger partial charge on any atom is 0.262 e. The summed E-state index contributed by atoms with van der Waals surface area (Å²) in [6.07, 6.45) is 2.84. The van der Waals surface area contributed by atoms with Crippen molar-refractivity contribution in [2.75, 3.05) is 14.2 Å². The van der Waals surface area contributed by atoms with Gasteiger partial charge in [0, 0.05) is 29.5 Å². The number of carbonyl (C=O) groups is 1. The number of methoxy groups -OCH3 is 2. The topological polar surface area (TPSA) is 43.7 Å². The second kappa shape index (κ2) is 10.4. The van der Waals surface area contributed by atoms with E-state index in [1.165, 1.54) is 0 Å². The molecular weight excluding hydrogens is 412 g/mol. The average molecular weight is 441 g/mol. The summed E-state index contributed by atoms with van der Waals surface area (Å²) in [5, 5.41) is 0.732. The largest absolute Gasteiger partial charge is 0.496 e. The van der Waals surface area contributed by atoms with Gasteiger partial charge < -0.3 is 18.9 Å². The Kier molecular flexibility index (Phi) is 7.64. The van der Waals surface area contributed by atoms with Crippen LogP contribution in [0.2, 0.25) is 5.02 Å². The quantitative estimate of drug-likeness (QED) is 0.432. The fraction of sp³-hybridized carbons (Fsp3) is 0.320. The Morgan fingerprint density at radius 1 is 1.03 bits per heavy atom. The molecule has 2 aromatic carbocycles. The summed E-state index contributed by atoms with van der Waals surface area (Å²) in [4.78, 5) is 15.6. The van der Waals surface area contributed by atoms with Gasteiger partial charge in [-0.2, -0.15) is 0 Å². The van der Waals surface area contributed by atoms with E-state index in [2.05, 4.69) is 18.4 Å². The molecular formula is C25H29ClN2O3. The SMILES string of the molecule is CCC(C)N(Cc1cccn1Cc1ccccc1Cl)C(=O)c1c(OC)cccc1OC. The Morgan fingerprint density at radius 3 is 2.32 bits per heavy atom. The molecule has 0 aliphatic heterocycles. The number of hydrogen-bond donors (Lipinski definition) is 0. The molecule has 1 unspecified atom stereocenters. The van der Waals surface area contributed by atoms with Crippen LogP contribution in [0.15, 0.2) is 60.8 Å². The standard InChI is InChI=1S/C25H29ClN2O3/c1-5-18(2)28(25(29)24-22(30-3)13-8-14-23(24)31-4)17-20-11-9-15-27(20)16-19-10-6-7-12-21(19)26/h6-15,18H,5,16-17H2,1-4H3. The summed E-state index contributed by atoms with van der Waals surface area (Å²) in [6.45, 7) is 5.24. The Balaban J connectivity index is 1.94. The van der Waals surface area contributed by atoms with Gasteiger partial charge in [-0.05, 0) is 49.2 Å². The predicted octanol–water partition coefficient (Wildman–Crippen LogP) is 5.65. The number of benzene rings is 2. The zero-order chi connectivity index (χ0) is 22.4. The third-order valence-corrected chi connectivity index (χ3v) is 5.95. The fourth-order valence-electron chi connectivity index (χ4n) is 3.59. The lowest BCUT2D eigenvalue weighted by Gasteiger charge is -2.30. The van der Waals surface area contributed by atoms with Crippen LogP contribution in [0.5, 0.6) is 11.5 Å². The minimum Gasteiger partial charge on any atom is -0.496 e. The molecule has 0 saturated heterocycles. The van der Waals surface area contributed by atoms with Crippen molar-refractivity contribution in [1.82, 2.24) is 9.47 Å². The third-order valence-electron chi connectivity index (χ3n) is 5.58. The monoisotopic (exact) mass is 440 g/mol. The normalized spacial score (nSPS) is 11.8. The summed E-state index contributed by atoms with van der Waals surface area (Å²) in [7, 11) is 3.13. The average Bonchev–Trinajstić information content (AvgIpc) is 3.23. The molecule has 1 heterocycles. The molecule has 1 amide bonds. The molecule has 31 heavy (non-hydrogen) atoms. The molecule has 5 nitrogen and oxygen atoms in total. The van der Waals surface area contributed by atoms with Gasteiger partial charge in [-0.15, -0.1) is 0 Å². The van der Waals surface area contributed by atoms with E-state index in [1.807, 2.05) is 53.6 Å². The molecule has 3 aromatic rings. The van der Waals surface area contributed by atoms with E-state index < -0.39 is 0 Å². The van der Waals surface area contributed by atoms with Crippen LogP contribution in [0.1, 0.15) is 41.9 Å². The van der Waals surface area contributed by atoms with Crippen molar-refractivity contribution in [2.24, 2.45) is 0 Å². The number of halogens is 1. The number of carbonyl (C=O) groups excluding carboxylic acids is 1. The molecule has 3 rings (SSSR count). The fourth-order valence-corrected chi connectivity index (χ4v) is 3.78. The minimum atomic E-state index is -0.117. The van der Waals surface area contributed by atoms with Crippen molar-refractivity contribution in [2.45, 2.75) is 39.4 Å². The number of nitrogens with zero attached hydrogens (tertiary/aromatic N) is 2. The lowest BCUT2D eigenvalue weighted by molar-refractivity contribution is 0.0660. The first-order chi connectivity index (χ1) is 15.0. The lowest BCUT2D eigenvalue weighted by Crippen LogP contribution is -2.38. The van der Waals surface area contributed by atoms with Gasteiger partial charge in [0.1, 0.15) is 17.1 Å². The van der Waals surface area contributed by atoms with Crippen molar-refractivity contribution >= 4 is 17.5 Å². The molecule has 0 saturated carbocycles. The molecule has 0 aliphatic carbocycles. The maximum atomic E-state index is 13.7. The van der Waals surface area contributed by atoms with Crippen LogP contribution in [0, 0.1) is 0 Å². The van der Waals surface area contributed by atoms with E-state index in [1.54, 1.807) is 26.4 Å². The zero-order valence-corrected chi connectivity index (χ0v) is 19.2. The number of ether oxygens (including phenoxy) is 2. The van der Waals surface area contributed by atoms with Crippen molar-refractivity contribution in [3.8, 4) is 11.5 Å². The lowest BCUT2D eigenvalue weighted by atomic mass is 10.1. The van der Waals surface area contributed by atoms with Crippen molar-refractivity contribution < 1.29 is 14.3 Å². The van der Waals surface area contributed by atoms with Gasteiger partial charge in [-0.25, -0.2) is 0 Å². The highest BCUT2D eigenvalue weighted by Crippen LogP contribution is 2.31. The summed E-state index contributed by atoms with van der Waals surface area (Å²) < 4.78 is 13.1. The van der Waals surface area contributed by atoms with Gasteiger partial charge in [-0.3, -0.25) is 4.79 Å². The molecule has 6 heteroatoms. The Bertz CT molecular complexity index is 1010. The first kappa shape index (κ1) is 22.8. The van der Waals surface area contributed by atoms with Gasteiger partial charge in [0.05, 0.1) is 20.8 Å². The van der Waals surface area contributed by atoms with Crippen molar-refractivity contribution in [3.63, 3.8) is 0 Å². The first-order valence-corrected chi connectivity index (χ1v) is 10.8. The number of hydrogen-bond acceptors (Lipinski definition) is 3. The third kappa shape index (κ3) is 5.05. The Morgan fingerprint density at radius 2 is 1.71 bits per heavy atom. The number of aromatic nitrogens is 1. The van der Waals surface area contributed by atoms with Gasteiger partial charge in [0.25, 0.3) is 5.91 Å². The van der Waals surface area contributed by atoms with E-state index in [4.69, 9.17) is 21.1 Å². The van der Waals surface area contributed by atoms with Crippen molar-refractivity contribution in [3.05, 3.63) is 82.6 Å².